The zero-order valence-electron chi connectivity index (χ0n) is 54.4. The number of rotatable bonds is 43. The monoisotopic (exact) mass is 1320 g/mol. The number of hydrogen-bond acceptors (Lipinski definition) is 16. The largest absolute Gasteiger partial charge is 0.508 e. The number of nitrogens with two attached hydrogens (primary N) is 9. The first-order valence-corrected chi connectivity index (χ1v) is 31.0. The number of aliphatic carboxylic acids is 1. The summed E-state index contributed by atoms with van der Waals surface area (Å²) in [4.78, 5) is 155. The average Bonchev–Trinajstić information content (AvgIpc) is 0.888. The topological polar surface area (TPSA) is 603 Å². The van der Waals surface area contributed by atoms with Gasteiger partial charge in [-0.1, -0.05) is 84.0 Å². The lowest BCUT2D eigenvalue weighted by atomic mass is 9.98. The number of aliphatic imine (C=N–C) groups is 4. The van der Waals surface area contributed by atoms with Crippen molar-refractivity contribution in [3.05, 3.63) is 65.7 Å². The molecule has 2 aromatic rings. The van der Waals surface area contributed by atoms with Crippen LogP contribution in [0.2, 0.25) is 0 Å². The van der Waals surface area contributed by atoms with Gasteiger partial charge < -0.3 is 110 Å². The van der Waals surface area contributed by atoms with Crippen molar-refractivity contribution in [1.82, 2.24) is 47.9 Å². The lowest BCUT2D eigenvalue weighted by Crippen LogP contribution is -2.61. The van der Waals surface area contributed by atoms with Gasteiger partial charge in [-0.2, -0.15) is 0 Å². The average molecular weight is 1320 g/mol. The normalized spacial score (nSPS) is 13.9. The number of phenols is 1. The number of benzene rings is 2. The number of carboxylic acid groups (broad SMARTS) is 1. The molecule has 0 aromatic heterocycles. The maximum absolute atomic E-state index is 14.8. The third kappa shape index (κ3) is 32.3. The van der Waals surface area contributed by atoms with Crippen LogP contribution in [0.15, 0.2) is 74.6 Å². The van der Waals surface area contributed by atoms with Crippen molar-refractivity contribution in [2.75, 3.05) is 32.7 Å². The number of nitrogens with one attached hydrogen (secondary N) is 9. The molecule has 0 bridgehead atoms. The maximum atomic E-state index is 14.8. The molecule has 34 heteroatoms. The van der Waals surface area contributed by atoms with Crippen LogP contribution in [0.4, 0.5) is 0 Å². The quantitative estimate of drug-likeness (QED) is 0.0168. The highest BCUT2D eigenvalue weighted by Gasteiger charge is 2.36. The molecule has 2 rings (SSSR count). The molecule has 0 radical (unpaired) electrons. The number of carbonyl (C=O) groups excluding carboxylic acids is 9. The smallest absolute Gasteiger partial charge is 0.326 e. The molecule has 9 atom stereocenters. The van der Waals surface area contributed by atoms with E-state index in [0.29, 0.717) is 11.1 Å². The van der Waals surface area contributed by atoms with Gasteiger partial charge in [0.05, 0.1) is 12.6 Å². The van der Waals surface area contributed by atoms with Crippen LogP contribution in [0.25, 0.3) is 0 Å². The van der Waals surface area contributed by atoms with Crippen LogP contribution < -0.4 is 99.5 Å². The molecule has 0 aliphatic rings. The van der Waals surface area contributed by atoms with Crippen molar-refractivity contribution in [2.24, 2.45) is 89.3 Å². The SMILES string of the molecule is CC(C)C[C@H](N)C(=O)N[C@@H](Cc1ccc(O)cc1)C(=O)N[C@@H](CCCN=C(N)N)C(=O)N[C@@H](CCCN=C(N)N)C(=O)N[C@@H](CCCN=C(N)N)C(=O)N[C@@H](Cc1ccccc1)C(=O)N[C@H](C(=O)N[C@H](C(=O)NCC(=O)N[C@@H](CCCN=C(N)N)C(=O)O)C(C)C)C(C)C. The van der Waals surface area contributed by atoms with Gasteiger partial charge in [0.15, 0.2) is 23.8 Å². The van der Waals surface area contributed by atoms with Gasteiger partial charge in [-0.05, 0) is 98.8 Å². The van der Waals surface area contributed by atoms with E-state index in [1.807, 2.05) is 13.8 Å². The molecule has 0 aliphatic heterocycles. The highest BCUT2D eigenvalue weighted by Crippen LogP contribution is 2.15. The van der Waals surface area contributed by atoms with E-state index < -0.39 is 132 Å². The molecule has 94 heavy (non-hydrogen) atoms. The van der Waals surface area contributed by atoms with Crippen LogP contribution in [0.1, 0.15) is 110 Å². The van der Waals surface area contributed by atoms with E-state index in [4.69, 9.17) is 51.6 Å². The second-order valence-electron chi connectivity index (χ2n) is 23.5. The Morgan fingerprint density at radius 1 is 0.415 bits per heavy atom. The highest BCUT2D eigenvalue weighted by molar-refractivity contribution is 5.98. The second kappa shape index (κ2) is 42.2. The van der Waals surface area contributed by atoms with Gasteiger partial charge in [0, 0.05) is 39.0 Å². The number of nitrogens with zero attached hydrogens (tertiary/aromatic N) is 4. The fourth-order valence-corrected chi connectivity index (χ4v) is 9.29. The molecule has 34 nitrogen and oxygen atoms in total. The lowest BCUT2D eigenvalue weighted by Gasteiger charge is -2.29. The minimum absolute atomic E-state index is 0.0139. The summed E-state index contributed by atoms with van der Waals surface area (Å²) in [6.07, 6.45) is 0.0931. The van der Waals surface area contributed by atoms with Gasteiger partial charge in [-0.15, -0.1) is 0 Å². The standard InChI is InChI=1S/C60H100N22O12/c1-32(2)28-38(61)48(85)79-43(30-36-20-22-37(83)23-21-36)52(89)78-40(17-11-25-71-58(64)65)50(87)76-39(16-10-24-70-57(62)63)49(86)77-41(18-12-26-72-59(66)67)51(88)80-44(29-35-14-8-7-9-15-35)53(90)81-47(34(5)6)55(92)82-46(33(3)4)54(91)74-31-45(84)75-42(56(93)94)19-13-27-73-60(68)69/h7-9,14-15,20-23,32-34,38-44,46-47,83H,10-13,16-19,24-31,61H2,1-6H3,(H,74,91)(H,75,84)(H,76,87)(H,77,86)(H,78,89)(H,79,85)(H,80,88)(H,81,90)(H,82,92)(H,93,94)(H4,62,63,70)(H4,64,65,71)(H4,66,67,72)(H4,68,69,73)/t38-,39-,40-,41-,42-,43-,44-,46-,47-/m0/s1. The van der Waals surface area contributed by atoms with Crippen LogP contribution in [-0.2, 0) is 60.8 Å². The van der Waals surface area contributed by atoms with E-state index >= 15 is 0 Å². The number of phenolic OH excluding ortho intramolecular Hbond substituents is 1. The van der Waals surface area contributed by atoms with E-state index in [2.05, 4.69) is 67.8 Å². The molecule has 0 spiro atoms. The van der Waals surface area contributed by atoms with Crippen LogP contribution in [0.3, 0.4) is 0 Å². The zero-order chi connectivity index (χ0) is 70.6. The Labute approximate surface area is 547 Å². The summed E-state index contributed by atoms with van der Waals surface area (Å²) in [6, 6.07) is 2.35. The molecular weight excluding hydrogens is 1220 g/mol. The number of carbonyl (C=O) groups is 10. The van der Waals surface area contributed by atoms with Gasteiger partial charge in [-0.25, -0.2) is 4.79 Å². The van der Waals surface area contributed by atoms with E-state index in [1.54, 1.807) is 70.2 Å². The first-order valence-electron chi connectivity index (χ1n) is 31.0. The molecular formula is C60H100N22O12. The highest BCUT2D eigenvalue weighted by atomic mass is 16.4. The van der Waals surface area contributed by atoms with Gasteiger partial charge in [0.2, 0.25) is 53.2 Å². The Bertz CT molecular complexity index is 2910. The molecule has 0 saturated carbocycles. The molecule has 0 fully saturated rings. The summed E-state index contributed by atoms with van der Waals surface area (Å²) in [6.45, 7) is 9.67. The van der Waals surface area contributed by atoms with E-state index in [0.717, 1.165) is 0 Å². The summed E-state index contributed by atoms with van der Waals surface area (Å²) in [5, 5.41) is 43.3. The summed E-state index contributed by atoms with van der Waals surface area (Å²) in [5.41, 5.74) is 51.5. The number of carboxylic acids is 1. The van der Waals surface area contributed by atoms with Gasteiger partial charge >= 0.3 is 5.97 Å². The second-order valence-corrected chi connectivity index (χ2v) is 23.5. The lowest BCUT2D eigenvalue weighted by molar-refractivity contribution is -0.142. The third-order valence-corrected chi connectivity index (χ3v) is 14.2. The first kappa shape index (κ1) is 80.1. The fraction of sp³-hybridized carbons (Fsp3) is 0.567. The predicted molar refractivity (Wildman–Crippen MR) is 355 cm³/mol. The molecule has 29 N–H and O–H groups in total. The van der Waals surface area contributed by atoms with Crippen molar-refractivity contribution in [3.8, 4) is 5.75 Å². The summed E-state index contributed by atoms with van der Waals surface area (Å²) >= 11 is 0. The molecule has 2 aromatic carbocycles. The first-order chi connectivity index (χ1) is 44.3. The predicted octanol–water partition coefficient (Wildman–Crippen LogP) is -4.84. The van der Waals surface area contributed by atoms with Gasteiger partial charge in [-0.3, -0.25) is 63.1 Å². The van der Waals surface area contributed by atoms with Crippen molar-refractivity contribution in [2.45, 2.75) is 167 Å². The van der Waals surface area contributed by atoms with Crippen molar-refractivity contribution in [1.29, 1.82) is 0 Å². The Morgan fingerprint density at radius 2 is 0.755 bits per heavy atom. The molecule has 9 amide bonds. The van der Waals surface area contributed by atoms with Crippen molar-refractivity contribution >= 4 is 83.0 Å². The Balaban J connectivity index is 2.59. The molecule has 522 valence electrons. The van der Waals surface area contributed by atoms with Crippen LogP contribution >= 0.6 is 0 Å². The van der Waals surface area contributed by atoms with Crippen LogP contribution in [-0.4, -0.2) is 180 Å². The van der Waals surface area contributed by atoms with Crippen LogP contribution in [0.5, 0.6) is 5.75 Å². The summed E-state index contributed by atoms with van der Waals surface area (Å²) < 4.78 is 0. The van der Waals surface area contributed by atoms with Crippen molar-refractivity contribution < 1.29 is 58.2 Å². The fourth-order valence-electron chi connectivity index (χ4n) is 9.29. The van der Waals surface area contributed by atoms with Gasteiger partial charge in [0.1, 0.15) is 54.1 Å². The molecule has 0 saturated heterocycles. The Hall–Kier alpha value is -10.0. The van der Waals surface area contributed by atoms with Gasteiger partial charge in [0.25, 0.3) is 0 Å². The summed E-state index contributed by atoms with van der Waals surface area (Å²) in [5.74, 6) is -11.0. The zero-order valence-corrected chi connectivity index (χ0v) is 54.4. The molecule has 0 heterocycles. The van der Waals surface area contributed by atoms with Crippen LogP contribution in [0, 0.1) is 17.8 Å². The molecule has 0 unspecified atom stereocenters. The molecule has 0 aliphatic carbocycles. The minimum Gasteiger partial charge on any atom is -0.508 e. The number of aromatic hydroxyl groups is 1. The summed E-state index contributed by atoms with van der Waals surface area (Å²) in [7, 11) is 0. The van der Waals surface area contributed by atoms with E-state index in [-0.39, 0.29) is 132 Å². The number of amides is 9. The van der Waals surface area contributed by atoms with Crippen molar-refractivity contribution in [3.63, 3.8) is 0 Å². The van der Waals surface area contributed by atoms with E-state index in [1.165, 1.54) is 12.1 Å². The number of guanidine groups is 4. The third-order valence-electron chi connectivity index (χ3n) is 14.2. The Morgan fingerprint density at radius 3 is 1.14 bits per heavy atom. The number of hydrogen-bond donors (Lipinski definition) is 20. The minimum atomic E-state index is -1.48. The van der Waals surface area contributed by atoms with E-state index in [9.17, 15) is 58.2 Å². The Kier molecular flexibility index (Phi) is 35.9. The maximum Gasteiger partial charge on any atom is 0.326 e.